The Balaban J connectivity index is 1.82. The van der Waals surface area contributed by atoms with Crippen LogP contribution in [0.1, 0.15) is 32.1 Å². The number of hydrogen-bond acceptors (Lipinski definition) is 4. The number of carboxylic acid groups (broad SMARTS) is 1. The second kappa shape index (κ2) is 6.36. The minimum Gasteiger partial charge on any atom is -0.481 e. The maximum atomic E-state index is 12.0. The van der Waals surface area contributed by atoms with Crippen molar-refractivity contribution in [3.05, 3.63) is 12.4 Å². The summed E-state index contributed by atoms with van der Waals surface area (Å²) in [6, 6.07) is 0. The molecule has 1 saturated carbocycles. The van der Waals surface area contributed by atoms with E-state index in [9.17, 15) is 13.2 Å². The highest BCUT2D eigenvalue weighted by molar-refractivity contribution is 7.89. The van der Waals surface area contributed by atoms with Crippen molar-refractivity contribution in [2.75, 3.05) is 6.54 Å². The molecule has 0 radical (unpaired) electrons. The zero-order valence-electron chi connectivity index (χ0n) is 11.2. The summed E-state index contributed by atoms with van der Waals surface area (Å²) in [6.45, 7) is 0.589. The Kier molecular flexibility index (Phi) is 4.77. The molecule has 112 valence electrons. The topological polar surface area (TPSA) is 101 Å². The number of nitrogens with zero attached hydrogens (tertiary/aromatic N) is 2. The van der Waals surface area contributed by atoms with E-state index in [-0.39, 0.29) is 17.9 Å². The molecule has 0 amide bonds. The lowest BCUT2D eigenvalue weighted by molar-refractivity contribution is -0.137. The third-order valence-electron chi connectivity index (χ3n) is 3.25. The number of aromatic nitrogens is 2. The number of rotatable bonds is 9. The predicted molar refractivity (Wildman–Crippen MR) is 71.6 cm³/mol. The van der Waals surface area contributed by atoms with E-state index in [1.54, 1.807) is 0 Å². The number of aryl methyl sites for hydroxylation is 1. The first kappa shape index (κ1) is 15.0. The molecule has 0 bridgehead atoms. The fourth-order valence-corrected chi connectivity index (χ4v) is 2.93. The Bertz CT molecular complexity index is 563. The summed E-state index contributed by atoms with van der Waals surface area (Å²) in [5.41, 5.74) is 0. The zero-order chi connectivity index (χ0) is 14.6. The Hall–Kier alpha value is -1.41. The molecule has 0 atom stereocenters. The first-order valence-electron chi connectivity index (χ1n) is 6.71. The van der Waals surface area contributed by atoms with Crippen LogP contribution in [0.4, 0.5) is 0 Å². The molecule has 1 aromatic rings. The van der Waals surface area contributed by atoms with E-state index in [2.05, 4.69) is 9.82 Å². The lowest BCUT2D eigenvalue weighted by Crippen LogP contribution is -2.24. The van der Waals surface area contributed by atoms with Crippen LogP contribution in [0.2, 0.25) is 0 Å². The van der Waals surface area contributed by atoms with Gasteiger partial charge in [0, 0.05) is 12.7 Å². The maximum absolute atomic E-state index is 12.0. The van der Waals surface area contributed by atoms with Gasteiger partial charge < -0.3 is 5.11 Å². The molecule has 1 aromatic heterocycles. The minimum absolute atomic E-state index is 0.0781. The lowest BCUT2D eigenvalue weighted by atomic mass is 10.2. The summed E-state index contributed by atoms with van der Waals surface area (Å²) in [6.07, 6.45) is 6.96. The molecule has 1 fully saturated rings. The van der Waals surface area contributed by atoms with Crippen molar-refractivity contribution in [1.82, 2.24) is 14.5 Å². The van der Waals surface area contributed by atoms with Crippen molar-refractivity contribution in [3.8, 4) is 0 Å². The van der Waals surface area contributed by atoms with Crippen LogP contribution in [-0.4, -0.2) is 35.8 Å². The second-order valence-electron chi connectivity index (χ2n) is 5.07. The summed E-state index contributed by atoms with van der Waals surface area (Å²) in [5.74, 6) is -0.151. The third kappa shape index (κ3) is 4.61. The SMILES string of the molecule is O=C(O)CCn1cc(S(=O)(=O)NCCCC2CC2)cn1. The maximum Gasteiger partial charge on any atom is 0.305 e. The normalized spacial score (nSPS) is 15.4. The molecule has 0 spiro atoms. The molecular weight excluding hydrogens is 282 g/mol. The molecule has 2 N–H and O–H groups in total. The fourth-order valence-electron chi connectivity index (χ4n) is 1.90. The van der Waals surface area contributed by atoms with Crippen molar-refractivity contribution < 1.29 is 18.3 Å². The van der Waals surface area contributed by atoms with Crippen LogP contribution in [0.3, 0.4) is 0 Å². The Labute approximate surface area is 118 Å². The van der Waals surface area contributed by atoms with Crippen LogP contribution in [0, 0.1) is 5.92 Å². The average molecular weight is 301 g/mol. The van der Waals surface area contributed by atoms with Gasteiger partial charge in [-0.3, -0.25) is 9.48 Å². The highest BCUT2D eigenvalue weighted by Crippen LogP contribution is 2.33. The van der Waals surface area contributed by atoms with Crippen molar-refractivity contribution in [3.63, 3.8) is 0 Å². The number of hydrogen-bond donors (Lipinski definition) is 2. The van der Waals surface area contributed by atoms with Gasteiger partial charge in [0.05, 0.1) is 19.2 Å². The number of nitrogens with one attached hydrogen (secondary N) is 1. The molecule has 0 aromatic carbocycles. The minimum atomic E-state index is -3.54. The summed E-state index contributed by atoms with van der Waals surface area (Å²) in [7, 11) is -3.54. The van der Waals surface area contributed by atoms with Gasteiger partial charge >= 0.3 is 5.97 Å². The van der Waals surface area contributed by atoms with E-state index in [0.717, 1.165) is 18.8 Å². The van der Waals surface area contributed by atoms with Crippen molar-refractivity contribution >= 4 is 16.0 Å². The smallest absolute Gasteiger partial charge is 0.305 e. The van der Waals surface area contributed by atoms with Crippen LogP contribution in [0.15, 0.2) is 17.3 Å². The number of carbonyl (C=O) groups is 1. The van der Waals surface area contributed by atoms with Crippen LogP contribution >= 0.6 is 0 Å². The van der Waals surface area contributed by atoms with Gasteiger partial charge in [0.25, 0.3) is 0 Å². The van der Waals surface area contributed by atoms with E-state index in [0.29, 0.717) is 6.54 Å². The monoisotopic (exact) mass is 301 g/mol. The highest BCUT2D eigenvalue weighted by Gasteiger charge is 2.21. The summed E-state index contributed by atoms with van der Waals surface area (Å²) < 4.78 is 27.8. The van der Waals surface area contributed by atoms with Gasteiger partial charge in [-0.2, -0.15) is 5.10 Å². The summed E-state index contributed by atoms with van der Waals surface area (Å²) in [5, 5.41) is 12.4. The van der Waals surface area contributed by atoms with Gasteiger partial charge in [0.2, 0.25) is 10.0 Å². The molecule has 1 aliphatic rings. The molecule has 20 heavy (non-hydrogen) atoms. The van der Waals surface area contributed by atoms with E-state index < -0.39 is 16.0 Å². The standard InChI is InChI=1S/C12H19N3O4S/c16-12(17)5-7-15-9-11(8-13-15)20(18,19)14-6-1-2-10-3-4-10/h8-10,14H,1-7H2,(H,16,17). The Morgan fingerprint density at radius 2 is 2.25 bits per heavy atom. The largest absolute Gasteiger partial charge is 0.481 e. The summed E-state index contributed by atoms with van der Waals surface area (Å²) >= 11 is 0. The third-order valence-corrected chi connectivity index (χ3v) is 4.67. The molecule has 0 aliphatic heterocycles. The quantitative estimate of drug-likeness (QED) is 0.658. The van der Waals surface area contributed by atoms with E-state index in [4.69, 9.17) is 5.11 Å². The van der Waals surface area contributed by atoms with Crippen molar-refractivity contribution in [1.29, 1.82) is 0 Å². The van der Waals surface area contributed by atoms with Crippen LogP contribution < -0.4 is 4.72 Å². The molecule has 1 aliphatic carbocycles. The molecular formula is C12H19N3O4S. The second-order valence-corrected chi connectivity index (χ2v) is 6.83. The molecule has 0 saturated heterocycles. The highest BCUT2D eigenvalue weighted by atomic mass is 32.2. The number of aliphatic carboxylic acids is 1. The van der Waals surface area contributed by atoms with Crippen LogP contribution in [0.5, 0.6) is 0 Å². The molecule has 7 nitrogen and oxygen atoms in total. The van der Waals surface area contributed by atoms with Gasteiger partial charge in [-0.15, -0.1) is 0 Å². The first-order chi connectivity index (χ1) is 9.47. The van der Waals surface area contributed by atoms with E-state index >= 15 is 0 Å². The lowest BCUT2D eigenvalue weighted by Gasteiger charge is -2.04. The number of carboxylic acids is 1. The van der Waals surface area contributed by atoms with E-state index in [1.165, 1.54) is 29.9 Å². The Morgan fingerprint density at radius 3 is 2.90 bits per heavy atom. The Morgan fingerprint density at radius 1 is 1.50 bits per heavy atom. The van der Waals surface area contributed by atoms with Crippen LogP contribution in [0.25, 0.3) is 0 Å². The molecule has 8 heteroatoms. The van der Waals surface area contributed by atoms with Gasteiger partial charge in [-0.25, -0.2) is 13.1 Å². The summed E-state index contributed by atoms with van der Waals surface area (Å²) in [4.78, 5) is 10.5. The first-order valence-corrected chi connectivity index (χ1v) is 8.19. The fraction of sp³-hybridized carbons (Fsp3) is 0.667. The van der Waals surface area contributed by atoms with Gasteiger partial charge in [0.1, 0.15) is 4.90 Å². The van der Waals surface area contributed by atoms with Crippen molar-refractivity contribution in [2.24, 2.45) is 5.92 Å². The zero-order valence-corrected chi connectivity index (χ0v) is 12.0. The molecule has 1 heterocycles. The molecule has 0 unspecified atom stereocenters. The predicted octanol–water partition coefficient (Wildman–Crippen LogP) is 0.826. The molecule has 2 rings (SSSR count). The van der Waals surface area contributed by atoms with Gasteiger partial charge in [-0.05, 0) is 18.8 Å². The average Bonchev–Trinajstić information content (AvgIpc) is 3.07. The van der Waals surface area contributed by atoms with Gasteiger partial charge in [-0.1, -0.05) is 12.8 Å². The van der Waals surface area contributed by atoms with E-state index in [1.807, 2.05) is 0 Å². The van der Waals surface area contributed by atoms with Gasteiger partial charge in [0.15, 0.2) is 0 Å². The van der Waals surface area contributed by atoms with Crippen LogP contribution in [-0.2, 0) is 21.4 Å². The van der Waals surface area contributed by atoms with Crippen molar-refractivity contribution in [2.45, 2.75) is 43.5 Å². The number of sulfonamides is 1.